The Balaban J connectivity index is 1.77. The van der Waals surface area contributed by atoms with Crippen molar-refractivity contribution in [3.05, 3.63) is 95.6 Å². The van der Waals surface area contributed by atoms with Crippen molar-refractivity contribution in [2.24, 2.45) is 0 Å². The van der Waals surface area contributed by atoms with E-state index in [4.69, 9.17) is 9.15 Å². The van der Waals surface area contributed by atoms with Gasteiger partial charge in [0.05, 0.1) is 18.4 Å². The molecule has 7 heteroatoms. The summed E-state index contributed by atoms with van der Waals surface area (Å²) in [5.74, 6) is -1.00. The quantitative estimate of drug-likeness (QED) is 0.460. The van der Waals surface area contributed by atoms with E-state index in [0.29, 0.717) is 22.6 Å². The first-order valence-electron chi connectivity index (χ1n) is 9.27. The average Bonchev–Trinajstić information content (AvgIpc) is 3.27. The predicted molar refractivity (Wildman–Crippen MR) is 112 cm³/mol. The van der Waals surface area contributed by atoms with E-state index in [2.05, 4.69) is 10.6 Å². The Labute approximate surface area is 173 Å². The zero-order chi connectivity index (χ0) is 21.3. The molecule has 2 amide bonds. The molecule has 0 aliphatic rings. The van der Waals surface area contributed by atoms with Gasteiger partial charge in [-0.2, -0.15) is 0 Å². The second-order valence-corrected chi connectivity index (χ2v) is 6.15. The number of nitrogens with one attached hydrogen (secondary N) is 2. The number of furan rings is 1. The van der Waals surface area contributed by atoms with E-state index in [9.17, 15) is 14.4 Å². The molecule has 1 heterocycles. The minimum Gasteiger partial charge on any atom is -0.465 e. The molecule has 0 saturated heterocycles. The fraction of sp³-hybridized carbons (Fsp3) is 0.0870. The van der Waals surface area contributed by atoms with Crippen LogP contribution >= 0.6 is 0 Å². The third-order valence-corrected chi connectivity index (χ3v) is 4.01. The number of esters is 1. The fourth-order valence-corrected chi connectivity index (χ4v) is 2.56. The second kappa shape index (κ2) is 9.88. The van der Waals surface area contributed by atoms with Gasteiger partial charge in [0.2, 0.25) is 0 Å². The molecule has 30 heavy (non-hydrogen) atoms. The Kier molecular flexibility index (Phi) is 6.78. The molecule has 0 unspecified atom stereocenters. The Morgan fingerprint density at radius 1 is 0.933 bits per heavy atom. The number of carbonyl (C=O) groups excluding carboxylic acids is 3. The predicted octanol–water partition coefficient (Wildman–Crippen LogP) is 3.87. The number of hydrogen-bond donors (Lipinski definition) is 2. The normalized spacial score (nSPS) is 10.9. The number of anilines is 1. The van der Waals surface area contributed by atoms with Crippen molar-refractivity contribution in [2.75, 3.05) is 11.9 Å². The SMILES string of the molecule is CCOC(=O)c1ccc(NC(=O)/C(=C/c2ccco2)NC(=O)c2ccccc2)cc1. The molecular weight excluding hydrogens is 384 g/mol. The summed E-state index contributed by atoms with van der Waals surface area (Å²) in [6, 6.07) is 18.1. The minimum absolute atomic E-state index is 0.00766. The number of amides is 2. The first kappa shape index (κ1) is 20.6. The Morgan fingerprint density at radius 3 is 2.30 bits per heavy atom. The lowest BCUT2D eigenvalue weighted by atomic mass is 10.2. The number of rotatable bonds is 7. The molecule has 2 aromatic carbocycles. The van der Waals surface area contributed by atoms with E-state index in [1.54, 1.807) is 73.7 Å². The van der Waals surface area contributed by atoms with Crippen LogP contribution in [0, 0.1) is 0 Å². The zero-order valence-electron chi connectivity index (χ0n) is 16.3. The maximum atomic E-state index is 12.8. The molecule has 0 bridgehead atoms. The molecule has 0 spiro atoms. The molecule has 1 aromatic heterocycles. The smallest absolute Gasteiger partial charge is 0.338 e. The van der Waals surface area contributed by atoms with Crippen LogP contribution in [0.3, 0.4) is 0 Å². The lowest BCUT2D eigenvalue weighted by Crippen LogP contribution is -2.30. The van der Waals surface area contributed by atoms with Crippen molar-refractivity contribution in [1.82, 2.24) is 5.32 Å². The van der Waals surface area contributed by atoms with Gasteiger partial charge >= 0.3 is 5.97 Å². The number of carbonyl (C=O) groups is 3. The third kappa shape index (κ3) is 5.45. The van der Waals surface area contributed by atoms with Crippen LogP contribution in [0.25, 0.3) is 6.08 Å². The Hall–Kier alpha value is -4.13. The van der Waals surface area contributed by atoms with E-state index < -0.39 is 17.8 Å². The summed E-state index contributed by atoms with van der Waals surface area (Å²) in [5.41, 5.74) is 1.24. The molecule has 2 N–H and O–H groups in total. The van der Waals surface area contributed by atoms with Gasteiger partial charge in [-0.3, -0.25) is 9.59 Å². The van der Waals surface area contributed by atoms with E-state index in [1.165, 1.54) is 12.3 Å². The van der Waals surface area contributed by atoms with Gasteiger partial charge in [-0.05, 0) is 55.5 Å². The van der Waals surface area contributed by atoms with Gasteiger partial charge in [-0.25, -0.2) is 4.79 Å². The first-order chi connectivity index (χ1) is 14.6. The van der Waals surface area contributed by atoms with Crippen LogP contribution in [-0.2, 0) is 9.53 Å². The monoisotopic (exact) mass is 404 g/mol. The average molecular weight is 404 g/mol. The van der Waals surface area contributed by atoms with Gasteiger partial charge < -0.3 is 19.8 Å². The molecule has 3 aromatic rings. The van der Waals surface area contributed by atoms with E-state index in [0.717, 1.165) is 0 Å². The van der Waals surface area contributed by atoms with E-state index >= 15 is 0 Å². The van der Waals surface area contributed by atoms with Crippen molar-refractivity contribution in [2.45, 2.75) is 6.92 Å². The molecule has 0 aliphatic carbocycles. The van der Waals surface area contributed by atoms with Gasteiger partial charge in [0, 0.05) is 17.3 Å². The summed E-state index contributed by atoms with van der Waals surface area (Å²) >= 11 is 0. The number of ether oxygens (including phenoxy) is 1. The molecule has 0 atom stereocenters. The summed E-state index contributed by atoms with van der Waals surface area (Å²) in [7, 11) is 0. The summed E-state index contributed by atoms with van der Waals surface area (Å²) in [6.45, 7) is 2.00. The van der Waals surface area contributed by atoms with Gasteiger partial charge in [-0.15, -0.1) is 0 Å². The van der Waals surface area contributed by atoms with E-state index in [-0.39, 0.29) is 12.3 Å². The maximum Gasteiger partial charge on any atom is 0.338 e. The topological polar surface area (TPSA) is 97.6 Å². The van der Waals surface area contributed by atoms with Crippen molar-refractivity contribution in [1.29, 1.82) is 0 Å². The highest BCUT2D eigenvalue weighted by atomic mass is 16.5. The summed E-state index contributed by atoms with van der Waals surface area (Å²) in [4.78, 5) is 37.1. The lowest BCUT2D eigenvalue weighted by Gasteiger charge is -2.11. The van der Waals surface area contributed by atoms with Gasteiger partial charge in [0.25, 0.3) is 11.8 Å². The molecule has 0 saturated carbocycles. The molecule has 7 nitrogen and oxygen atoms in total. The number of hydrogen-bond acceptors (Lipinski definition) is 5. The number of benzene rings is 2. The summed E-state index contributed by atoms with van der Waals surface area (Å²) in [5, 5.41) is 5.31. The highest BCUT2D eigenvalue weighted by Gasteiger charge is 2.16. The van der Waals surface area contributed by atoms with Crippen LogP contribution in [0.15, 0.2) is 83.1 Å². The Morgan fingerprint density at radius 2 is 1.67 bits per heavy atom. The summed E-state index contributed by atoms with van der Waals surface area (Å²) < 4.78 is 10.2. The van der Waals surface area contributed by atoms with Crippen molar-refractivity contribution in [3.63, 3.8) is 0 Å². The second-order valence-electron chi connectivity index (χ2n) is 6.15. The Bertz CT molecular complexity index is 1040. The highest BCUT2D eigenvalue weighted by Crippen LogP contribution is 2.14. The van der Waals surface area contributed by atoms with Crippen LogP contribution in [0.2, 0.25) is 0 Å². The molecular formula is C23H20N2O5. The van der Waals surface area contributed by atoms with Crippen LogP contribution in [0.4, 0.5) is 5.69 Å². The fourth-order valence-electron chi connectivity index (χ4n) is 2.56. The van der Waals surface area contributed by atoms with Crippen molar-refractivity contribution >= 4 is 29.5 Å². The molecule has 152 valence electrons. The molecule has 3 rings (SSSR count). The minimum atomic E-state index is -0.542. The van der Waals surface area contributed by atoms with Crippen LogP contribution in [-0.4, -0.2) is 24.4 Å². The maximum absolute atomic E-state index is 12.8. The highest BCUT2D eigenvalue weighted by molar-refractivity contribution is 6.10. The summed E-state index contributed by atoms with van der Waals surface area (Å²) in [6.07, 6.45) is 2.90. The molecule has 0 aliphatic heterocycles. The lowest BCUT2D eigenvalue weighted by molar-refractivity contribution is -0.113. The zero-order valence-corrected chi connectivity index (χ0v) is 16.3. The first-order valence-corrected chi connectivity index (χ1v) is 9.27. The van der Waals surface area contributed by atoms with Crippen LogP contribution in [0.5, 0.6) is 0 Å². The van der Waals surface area contributed by atoms with E-state index in [1.807, 2.05) is 0 Å². The third-order valence-electron chi connectivity index (χ3n) is 4.01. The molecule has 0 radical (unpaired) electrons. The van der Waals surface area contributed by atoms with Gasteiger partial charge in [-0.1, -0.05) is 18.2 Å². The van der Waals surface area contributed by atoms with Gasteiger partial charge in [0.1, 0.15) is 11.5 Å². The van der Waals surface area contributed by atoms with Crippen molar-refractivity contribution in [3.8, 4) is 0 Å². The van der Waals surface area contributed by atoms with Crippen LogP contribution in [0.1, 0.15) is 33.4 Å². The van der Waals surface area contributed by atoms with Crippen molar-refractivity contribution < 1.29 is 23.5 Å². The van der Waals surface area contributed by atoms with Crippen LogP contribution < -0.4 is 10.6 Å². The molecule has 0 fully saturated rings. The van der Waals surface area contributed by atoms with Gasteiger partial charge in [0.15, 0.2) is 0 Å². The largest absolute Gasteiger partial charge is 0.465 e. The standard InChI is InChI=1S/C23H20N2O5/c1-2-29-23(28)17-10-12-18(13-11-17)24-22(27)20(15-19-9-6-14-30-19)25-21(26)16-7-4-3-5-8-16/h3-15H,2H2,1H3,(H,24,27)(H,25,26)/b20-15-.